The van der Waals surface area contributed by atoms with Crippen LogP contribution in [-0.2, 0) is 9.53 Å². The number of hydrogen-bond donors (Lipinski definition) is 3. The van der Waals surface area contributed by atoms with E-state index in [1.165, 1.54) is 12.5 Å². The molecule has 5 heteroatoms. The van der Waals surface area contributed by atoms with Gasteiger partial charge in [-0.3, -0.25) is 4.79 Å². The molecule has 1 unspecified atom stereocenters. The molecule has 3 N–H and O–H groups in total. The molecule has 2 bridgehead atoms. The van der Waals surface area contributed by atoms with Crippen LogP contribution in [0.25, 0.3) is 0 Å². The van der Waals surface area contributed by atoms with E-state index in [4.69, 9.17) is 4.74 Å². The maximum Gasteiger partial charge on any atom is 0.302 e. The van der Waals surface area contributed by atoms with Crippen LogP contribution in [-0.4, -0.2) is 45.2 Å². The molecule has 3 saturated carbocycles. The van der Waals surface area contributed by atoms with Crippen LogP contribution in [0.4, 0.5) is 0 Å². The largest absolute Gasteiger partial charge is 0.461 e. The lowest BCUT2D eigenvalue weighted by molar-refractivity contribution is -0.178. The molecular formula is C22H32O5. The number of carbonyl (C=O) groups is 1. The van der Waals surface area contributed by atoms with E-state index in [0.717, 1.165) is 18.4 Å². The van der Waals surface area contributed by atoms with Gasteiger partial charge in [0.2, 0.25) is 0 Å². The van der Waals surface area contributed by atoms with Crippen molar-refractivity contribution in [1.29, 1.82) is 0 Å². The van der Waals surface area contributed by atoms with Gasteiger partial charge in [-0.15, -0.1) is 0 Å². The molecule has 4 aliphatic carbocycles. The number of aliphatic hydroxyl groups is 3. The van der Waals surface area contributed by atoms with Gasteiger partial charge in [-0.2, -0.15) is 0 Å². The van der Waals surface area contributed by atoms with Gasteiger partial charge < -0.3 is 20.1 Å². The molecule has 0 radical (unpaired) electrons. The number of aliphatic hydroxyl groups excluding tert-OH is 2. The summed E-state index contributed by atoms with van der Waals surface area (Å²) in [5.74, 6) is -0.500. The lowest BCUT2D eigenvalue weighted by atomic mass is 9.60. The second kappa shape index (κ2) is 5.68. The smallest absolute Gasteiger partial charge is 0.302 e. The van der Waals surface area contributed by atoms with Crippen LogP contribution < -0.4 is 0 Å². The van der Waals surface area contributed by atoms with Crippen LogP contribution in [0.1, 0.15) is 53.4 Å². The molecule has 4 aliphatic rings. The first-order chi connectivity index (χ1) is 12.5. The highest BCUT2D eigenvalue weighted by Gasteiger charge is 2.70. The van der Waals surface area contributed by atoms with Gasteiger partial charge in [0.15, 0.2) is 0 Å². The van der Waals surface area contributed by atoms with E-state index >= 15 is 0 Å². The van der Waals surface area contributed by atoms with Crippen LogP contribution >= 0.6 is 0 Å². The standard InChI is InChI=1S/C22H32O5/c1-11-9-21-10-18(25)22(26)16(8-17(24)20(22,4)5)12(2)15(21)7-6-14(11)19(21)27-13(3)23/h9,14-19,24-26H,2,6-8,10H2,1,3-5H3/t14-,15-,16-,17-,18-,19?,21+,22-/m0/s1. The number of ether oxygens (including phenoxy) is 1. The summed E-state index contributed by atoms with van der Waals surface area (Å²) in [4.78, 5) is 11.9. The molecule has 1 spiro atoms. The highest BCUT2D eigenvalue weighted by atomic mass is 16.5. The Balaban J connectivity index is 1.85. The zero-order valence-corrected chi connectivity index (χ0v) is 16.7. The molecule has 27 heavy (non-hydrogen) atoms. The molecule has 3 fully saturated rings. The zero-order valence-electron chi connectivity index (χ0n) is 16.7. The maximum absolute atomic E-state index is 11.9. The fourth-order valence-corrected chi connectivity index (χ4v) is 6.98. The van der Waals surface area contributed by atoms with Crippen molar-refractivity contribution in [2.45, 2.75) is 77.3 Å². The van der Waals surface area contributed by atoms with E-state index in [1.807, 2.05) is 13.8 Å². The van der Waals surface area contributed by atoms with Crippen LogP contribution in [0.3, 0.4) is 0 Å². The van der Waals surface area contributed by atoms with Gasteiger partial charge in [-0.25, -0.2) is 0 Å². The second-order valence-electron chi connectivity index (χ2n) is 9.91. The molecule has 0 aliphatic heterocycles. The molecule has 0 amide bonds. The number of fused-ring (bicyclic) bond motifs is 2. The van der Waals surface area contributed by atoms with Crippen molar-refractivity contribution in [3.05, 3.63) is 23.8 Å². The molecule has 0 saturated heterocycles. The van der Waals surface area contributed by atoms with E-state index in [9.17, 15) is 20.1 Å². The number of hydrogen-bond acceptors (Lipinski definition) is 5. The summed E-state index contributed by atoms with van der Waals surface area (Å²) in [5.41, 5.74) is -0.744. The fraction of sp³-hybridized carbons (Fsp3) is 0.773. The Morgan fingerprint density at radius 2 is 1.89 bits per heavy atom. The first-order valence-corrected chi connectivity index (χ1v) is 10.1. The van der Waals surface area contributed by atoms with Gasteiger partial charge >= 0.3 is 5.97 Å². The van der Waals surface area contributed by atoms with E-state index < -0.39 is 28.6 Å². The Labute approximate surface area is 161 Å². The highest BCUT2D eigenvalue weighted by molar-refractivity contribution is 5.66. The predicted octanol–water partition coefficient (Wildman–Crippen LogP) is 2.35. The molecule has 0 aromatic carbocycles. The minimum atomic E-state index is -1.45. The summed E-state index contributed by atoms with van der Waals surface area (Å²) < 4.78 is 5.81. The summed E-state index contributed by atoms with van der Waals surface area (Å²) in [7, 11) is 0. The van der Waals surface area contributed by atoms with E-state index in [-0.39, 0.29) is 29.8 Å². The molecular weight excluding hydrogens is 344 g/mol. The summed E-state index contributed by atoms with van der Waals surface area (Å²) in [6, 6.07) is 0. The summed E-state index contributed by atoms with van der Waals surface area (Å²) >= 11 is 0. The van der Waals surface area contributed by atoms with Crippen molar-refractivity contribution in [1.82, 2.24) is 0 Å². The number of rotatable bonds is 1. The monoisotopic (exact) mass is 376 g/mol. The third kappa shape index (κ3) is 2.19. The van der Waals surface area contributed by atoms with Gasteiger partial charge in [0.1, 0.15) is 11.7 Å². The average Bonchev–Trinajstić information content (AvgIpc) is 2.81. The van der Waals surface area contributed by atoms with E-state index in [1.54, 1.807) is 0 Å². The number of carbonyl (C=O) groups excluding carboxylic acids is 1. The third-order valence-electron chi connectivity index (χ3n) is 8.49. The third-order valence-corrected chi connectivity index (χ3v) is 8.49. The highest BCUT2D eigenvalue weighted by Crippen LogP contribution is 2.66. The average molecular weight is 376 g/mol. The molecule has 5 nitrogen and oxygen atoms in total. The van der Waals surface area contributed by atoms with Crippen LogP contribution in [0, 0.1) is 28.6 Å². The van der Waals surface area contributed by atoms with E-state index in [0.29, 0.717) is 12.8 Å². The first kappa shape index (κ1) is 19.2. The SMILES string of the molecule is C=C1[C@@H]2C[C@H](O)C(C)(C)[C@@]2(O)[C@@H](O)C[C@]23C=C(C)[C@H](CC[C@@H]12)C3OC(C)=O. The molecule has 0 aromatic heterocycles. The molecule has 0 aromatic rings. The van der Waals surface area contributed by atoms with E-state index in [2.05, 4.69) is 19.6 Å². The van der Waals surface area contributed by atoms with Crippen molar-refractivity contribution in [3.63, 3.8) is 0 Å². The topological polar surface area (TPSA) is 87.0 Å². The van der Waals surface area contributed by atoms with Crippen molar-refractivity contribution < 1.29 is 24.9 Å². The normalized spacial score (nSPS) is 50.5. The van der Waals surface area contributed by atoms with Crippen molar-refractivity contribution in [2.75, 3.05) is 0 Å². The minimum Gasteiger partial charge on any atom is -0.461 e. The van der Waals surface area contributed by atoms with Crippen LogP contribution in [0.2, 0.25) is 0 Å². The van der Waals surface area contributed by atoms with Crippen molar-refractivity contribution >= 4 is 5.97 Å². The summed E-state index contributed by atoms with van der Waals surface area (Å²) in [6.07, 6.45) is 2.64. The van der Waals surface area contributed by atoms with Crippen molar-refractivity contribution in [2.24, 2.45) is 28.6 Å². The van der Waals surface area contributed by atoms with Gasteiger partial charge in [0.25, 0.3) is 0 Å². The first-order valence-electron chi connectivity index (χ1n) is 10.1. The predicted molar refractivity (Wildman–Crippen MR) is 101 cm³/mol. The summed E-state index contributed by atoms with van der Waals surface area (Å²) in [5, 5.41) is 33.7. The summed E-state index contributed by atoms with van der Waals surface area (Å²) in [6.45, 7) is 11.5. The zero-order chi connectivity index (χ0) is 19.9. The van der Waals surface area contributed by atoms with Gasteiger partial charge in [0, 0.05) is 29.6 Å². The Hall–Kier alpha value is -1.17. The lowest BCUT2D eigenvalue weighted by Gasteiger charge is -2.47. The molecule has 4 rings (SSSR count). The maximum atomic E-state index is 11.9. The lowest BCUT2D eigenvalue weighted by Crippen LogP contribution is -2.57. The van der Waals surface area contributed by atoms with Crippen LogP contribution in [0.15, 0.2) is 23.8 Å². The Morgan fingerprint density at radius 1 is 1.22 bits per heavy atom. The Morgan fingerprint density at radius 3 is 2.52 bits per heavy atom. The van der Waals surface area contributed by atoms with Crippen molar-refractivity contribution in [3.8, 4) is 0 Å². The molecule has 8 atom stereocenters. The molecule has 150 valence electrons. The van der Waals surface area contributed by atoms with Gasteiger partial charge in [-0.05, 0) is 38.5 Å². The molecule has 0 heterocycles. The Bertz CT molecular complexity index is 724. The van der Waals surface area contributed by atoms with Gasteiger partial charge in [-0.1, -0.05) is 37.6 Å². The Kier molecular flexibility index (Phi) is 4.03. The van der Waals surface area contributed by atoms with Crippen LogP contribution in [0.5, 0.6) is 0 Å². The second-order valence-corrected chi connectivity index (χ2v) is 9.91. The number of esters is 1. The van der Waals surface area contributed by atoms with Gasteiger partial charge in [0.05, 0.1) is 12.2 Å². The quantitative estimate of drug-likeness (QED) is 0.483. The minimum absolute atomic E-state index is 0.0188. The fourth-order valence-electron chi connectivity index (χ4n) is 6.98.